The van der Waals surface area contributed by atoms with Gasteiger partial charge in [-0.15, -0.1) is 0 Å². The summed E-state index contributed by atoms with van der Waals surface area (Å²) < 4.78 is 0. The van der Waals surface area contributed by atoms with Crippen molar-refractivity contribution in [3.63, 3.8) is 0 Å². The van der Waals surface area contributed by atoms with Gasteiger partial charge in [-0.3, -0.25) is 5.41 Å². The van der Waals surface area contributed by atoms with Gasteiger partial charge in [0.05, 0.1) is 6.61 Å². The highest BCUT2D eigenvalue weighted by molar-refractivity contribution is 5.90. The van der Waals surface area contributed by atoms with Crippen LogP contribution in [-0.2, 0) is 9.78 Å². The van der Waals surface area contributed by atoms with Crippen LogP contribution < -0.4 is 0 Å². The quantitative estimate of drug-likeness (QED) is 0.322. The molecule has 0 aliphatic carbocycles. The fourth-order valence-corrected chi connectivity index (χ4v) is 0.755. The van der Waals surface area contributed by atoms with Gasteiger partial charge in [0.1, 0.15) is 0 Å². The first-order valence-electron chi connectivity index (χ1n) is 3.78. The van der Waals surface area contributed by atoms with E-state index in [2.05, 4.69) is 9.78 Å². The predicted molar refractivity (Wildman–Crippen MR) is 46.0 cm³/mol. The predicted octanol–water partition coefficient (Wildman–Crippen LogP) is 1.98. The molecular weight excluding hydrogens is 154 g/mol. The Morgan fingerprint density at radius 3 is 2.58 bits per heavy atom. The molecule has 0 aliphatic rings. The molecule has 0 aromatic heterocycles. The smallest absolute Gasteiger partial charge is 0.256 e. The van der Waals surface area contributed by atoms with Gasteiger partial charge >= 0.3 is 0 Å². The van der Waals surface area contributed by atoms with E-state index in [1.807, 2.05) is 18.2 Å². The van der Waals surface area contributed by atoms with Gasteiger partial charge in [0, 0.05) is 5.56 Å². The Balaban J connectivity index is 2.54. The summed E-state index contributed by atoms with van der Waals surface area (Å²) >= 11 is 0. The van der Waals surface area contributed by atoms with Crippen molar-refractivity contribution in [1.82, 2.24) is 0 Å². The van der Waals surface area contributed by atoms with Gasteiger partial charge in [-0.05, 0) is 19.1 Å². The third kappa shape index (κ3) is 2.36. The molecule has 0 amide bonds. The van der Waals surface area contributed by atoms with E-state index in [4.69, 9.17) is 5.41 Å². The third-order valence-electron chi connectivity index (χ3n) is 1.30. The average molecular weight is 165 g/mol. The zero-order chi connectivity index (χ0) is 8.81. The number of hydrogen-bond donors (Lipinski definition) is 1. The molecule has 1 rings (SSSR count). The van der Waals surface area contributed by atoms with Crippen LogP contribution in [0.25, 0.3) is 0 Å². The lowest BCUT2D eigenvalue weighted by Crippen LogP contribution is -2.05. The lowest BCUT2D eigenvalue weighted by molar-refractivity contribution is -0.217. The molecule has 3 heteroatoms. The molecule has 0 aliphatic heterocycles. The van der Waals surface area contributed by atoms with Crippen molar-refractivity contribution in [2.24, 2.45) is 0 Å². The van der Waals surface area contributed by atoms with Gasteiger partial charge in [-0.2, -0.15) is 4.89 Å². The van der Waals surface area contributed by atoms with Gasteiger partial charge < -0.3 is 4.89 Å². The van der Waals surface area contributed by atoms with Crippen LogP contribution in [0.5, 0.6) is 0 Å². The van der Waals surface area contributed by atoms with E-state index < -0.39 is 0 Å². The van der Waals surface area contributed by atoms with Gasteiger partial charge in [0.25, 0.3) is 5.90 Å². The van der Waals surface area contributed by atoms with Gasteiger partial charge in [-0.1, -0.05) is 18.2 Å². The second-order valence-electron chi connectivity index (χ2n) is 2.19. The second-order valence-corrected chi connectivity index (χ2v) is 2.19. The Morgan fingerprint density at radius 1 is 1.33 bits per heavy atom. The molecule has 0 radical (unpaired) electrons. The summed E-state index contributed by atoms with van der Waals surface area (Å²) in [5.41, 5.74) is 0.714. The molecule has 12 heavy (non-hydrogen) atoms. The molecule has 64 valence electrons. The van der Waals surface area contributed by atoms with Crippen LogP contribution in [-0.4, -0.2) is 12.5 Å². The van der Waals surface area contributed by atoms with Crippen molar-refractivity contribution < 1.29 is 9.78 Å². The Kier molecular flexibility index (Phi) is 3.29. The molecule has 1 aromatic carbocycles. The molecule has 0 bridgehead atoms. The zero-order valence-electron chi connectivity index (χ0n) is 6.91. The van der Waals surface area contributed by atoms with Crippen LogP contribution >= 0.6 is 0 Å². The Morgan fingerprint density at radius 2 is 2.00 bits per heavy atom. The largest absolute Gasteiger partial charge is 0.317 e. The molecule has 0 atom stereocenters. The molecule has 0 spiro atoms. The number of hydrogen-bond acceptors (Lipinski definition) is 3. The van der Waals surface area contributed by atoms with Crippen LogP contribution in [0.1, 0.15) is 12.5 Å². The van der Waals surface area contributed by atoms with Crippen molar-refractivity contribution in [2.45, 2.75) is 6.92 Å². The van der Waals surface area contributed by atoms with Crippen LogP contribution in [0.15, 0.2) is 30.3 Å². The van der Waals surface area contributed by atoms with Crippen LogP contribution in [0.3, 0.4) is 0 Å². The topological polar surface area (TPSA) is 42.3 Å². The molecule has 0 heterocycles. The molecule has 0 unspecified atom stereocenters. The Hall–Kier alpha value is -1.35. The monoisotopic (exact) mass is 165 g/mol. The Bertz CT molecular complexity index is 246. The molecule has 3 nitrogen and oxygen atoms in total. The molecule has 0 saturated heterocycles. The second kappa shape index (κ2) is 4.51. The normalized spacial score (nSPS) is 9.42. The standard InChI is InChI=1S/C9H11NO2/c1-2-11-12-9(10)8-6-4-3-5-7-8/h3-7,10H,2H2,1H3. The van der Waals surface area contributed by atoms with E-state index in [1.54, 1.807) is 19.1 Å². The summed E-state index contributed by atoms with van der Waals surface area (Å²) in [5.74, 6) is 0.0393. The van der Waals surface area contributed by atoms with Crippen molar-refractivity contribution in [1.29, 1.82) is 5.41 Å². The van der Waals surface area contributed by atoms with Crippen molar-refractivity contribution in [3.05, 3.63) is 35.9 Å². The van der Waals surface area contributed by atoms with E-state index in [-0.39, 0.29) is 5.90 Å². The fraction of sp³-hybridized carbons (Fsp3) is 0.222. The van der Waals surface area contributed by atoms with Gasteiger partial charge in [0.15, 0.2) is 0 Å². The molecular formula is C9H11NO2. The highest BCUT2D eigenvalue weighted by Crippen LogP contribution is 2.00. The van der Waals surface area contributed by atoms with Gasteiger partial charge in [0.2, 0.25) is 0 Å². The highest BCUT2D eigenvalue weighted by Gasteiger charge is 2.00. The Labute approximate surface area is 71.4 Å². The molecule has 1 aromatic rings. The average Bonchev–Trinajstić information content (AvgIpc) is 2.15. The summed E-state index contributed by atoms with van der Waals surface area (Å²) in [6, 6.07) is 9.17. The van der Waals surface area contributed by atoms with Crippen LogP contribution in [0.2, 0.25) is 0 Å². The fourth-order valence-electron chi connectivity index (χ4n) is 0.755. The first kappa shape index (κ1) is 8.74. The lowest BCUT2D eigenvalue weighted by atomic mass is 10.2. The van der Waals surface area contributed by atoms with E-state index >= 15 is 0 Å². The van der Waals surface area contributed by atoms with E-state index in [0.29, 0.717) is 12.2 Å². The SMILES string of the molecule is CCOOC(=N)c1ccccc1. The first-order chi connectivity index (χ1) is 5.84. The summed E-state index contributed by atoms with van der Waals surface area (Å²) in [6.45, 7) is 2.24. The van der Waals surface area contributed by atoms with E-state index in [0.717, 1.165) is 0 Å². The molecule has 1 N–H and O–H groups in total. The zero-order valence-corrected chi connectivity index (χ0v) is 6.91. The van der Waals surface area contributed by atoms with E-state index in [9.17, 15) is 0 Å². The summed E-state index contributed by atoms with van der Waals surface area (Å²) in [5, 5.41) is 7.39. The van der Waals surface area contributed by atoms with Crippen molar-refractivity contribution in [2.75, 3.05) is 6.61 Å². The lowest BCUT2D eigenvalue weighted by Gasteiger charge is -2.02. The van der Waals surface area contributed by atoms with Crippen molar-refractivity contribution in [3.8, 4) is 0 Å². The minimum atomic E-state index is 0.0393. The van der Waals surface area contributed by atoms with Crippen LogP contribution in [0.4, 0.5) is 0 Å². The van der Waals surface area contributed by atoms with Crippen molar-refractivity contribution >= 4 is 5.90 Å². The summed E-state index contributed by atoms with van der Waals surface area (Å²) in [7, 11) is 0. The summed E-state index contributed by atoms with van der Waals surface area (Å²) in [6.07, 6.45) is 0. The maximum absolute atomic E-state index is 7.39. The maximum Gasteiger partial charge on any atom is 0.256 e. The number of nitrogens with one attached hydrogen (secondary N) is 1. The minimum absolute atomic E-state index is 0.0393. The number of rotatable bonds is 3. The van der Waals surface area contributed by atoms with Crippen LogP contribution in [0, 0.1) is 5.41 Å². The highest BCUT2D eigenvalue weighted by atomic mass is 17.2. The maximum atomic E-state index is 7.39. The van der Waals surface area contributed by atoms with Gasteiger partial charge in [-0.25, -0.2) is 0 Å². The first-order valence-corrected chi connectivity index (χ1v) is 3.78. The molecule has 0 saturated carbocycles. The molecule has 0 fully saturated rings. The minimum Gasteiger partial charge on any atom is -0.317 e. The van der Waals surface area contributed by atoms with E-state index in [1.165, 1.54) is 0 Å². The summed E-state index contributed by atoms with van der Waals surface area (Å²) in [4.78, 5) is 9.29. The third-order valence-corrected chi connectivity index (χ3v) is 1.30. The number of benzene rings is 1.